The van der Waals surface area contributed by atoms with Gasteiger partial charge in [0.25, 0.3) is 0 Å². The Morgan fingerprint density at radius 2 is 1.79 bits per heavy atom. The molecule has 0 heterocycles. The maximum absolute atomic E-state index is 13.0. The van der Waals surface area contributed by atoms with Crippen LogP contribution >= 0.6 is 11.6 Å². The van der Waals surface area contributed by atoms with Crippen LogP contribution in [0, 0.1) is 5.82 Å². The van der Waals surface area contributed by atoms with E-state index in [0.29, 0.717) is 6.54 Å². The van der Waals surface area contributed by atoms with Gasteiger partial charge in [0.1, 0.15) is 5.82 Å². The van der Waals surface area contributed by atoms with Crippen molar-refractivity contribution in [2.45, 2.75) is 6.54 Å². The number of anilines is 2. The molecule has 19 heavy (non-hydrogen) atoms. The average molecular weight is 279 g/mol. The van der Waals surface area contributed by atoms with Gasteiger partial charge in [0.05, 0.1) is 5.02 Å². The lowest BCUT2D eigenvalue weighted by Gasteiger charge is -2.13. The maximum atomic E-state index is 13.0. The van der Waals surface area contributed by atoms with Crippen LogP contribution in [0.2, 0.25) is 5.02 Å². The summed E-state index contributed by atoms with van der Waals surface area (Å²) in [5.41, 5.74) is 3.13. The van der Waals surface area contributed by atoms with Crippen LogP contribution in [0.5, 0.6) is 0 Å². The topological polar surface area (TPSA) is 15.3 Å². The normalized spacial score (nSPS) is 10.3. The highest BCUT2D eigenvalue weighted by Crippen LogP contribution is 2.20. The van der Waals surface area contributed by atoms with Gasteiger partial charge in [0.2, 0.25) is 0 Å². The van der Waals surface area contributed by atoms with Gasteiger partial charge < -0.3 is 10.2 Å². The van der Waals surface area contributed by atoms with Crippen molar-refractivity contribution in [1.82, 2.24) is 0 Å². The zero-order valence-electron chi connectivity index (χ0n) is 11.0. The zero-order valence-corrected chi connectivity index (χ0v) is 11.7. The molecule has 0 saturated carbocycles. The fraction of sp³-hybridized carbons (Fsp3) is 0.200. The summed E-state index contributed by atoms with van der Waals surface area (Å²) in [6.07, 6.45) is 0. The predicted molar refractivity (Wildman–Crippen MR) is 79.5 cm³/mol. The highest BCUT2D eigenvalue weighted by molar-refractivity contribution is 6.31. The average Bonchev–Trinajstić information content (AvgIpc) is 2.40. The summed E-state index contributed by atoms with van der Waals surface area (Å²) in [7, 11) is 4.02. The largest absolute Gasteiger partial charge is 0.381 e. The van der Waals surface area contributed by atoms with E-state index in [4.69, 9.17) is 11.6 Å². The van der Waals surface area contributed by atoms with E-state index < -0.39 is 5.82 Å². The molecule has 0 bridgehead atoms. The van der Waals surface area contributed by atoms with Gasteiger partial charge >= 0.3 is 0 Å². The van der Waals surface area contributed by atoms with Crippen LogP contribution in [0.3, 0.4) is 0 Å². The van der Waals surface area contributed by atoms with E-state index in [9.17, 15) is 4.39 Å². The number of rotatable bonds is 4. The van der Waals surface area contributed by atoms with Gasteiger partial charge in [-0.2, -0.15) is 0 Å². The van der Waals surface area contributed by atoms with Crippen molar-refractivity contribution >= 4 is 23.0 Å². The highest BCUT2D eigenvalue weighted by atomic mass is 35.5. The number of halogens is 2. The number of hydrogen-bond donors (Lipinski definition) is 1. The Morgan fingerprint density at radius 3 is 2.37 bits per heavy atom. The van der Waals surface area contributed by atoms with Crippen molar-refractivity contribution in [3.8, 4) is 0 Å². The smallest absolute Gasteiger partial charge is 0.141 e. The molecule has 0 aliphatic rings. The zero-order chi connectivity index (χ0) is 13.8. The van der Waals surface area contributed by atoms with E-state index in [2.05, 4.69) is 34.5 Å². The van der Waals surface area contributed by atoms with Crippen molar-refractivity contribution in [2.24, 2.45) is 0 Å². The Balaban J connectivity index is 2.00. The first-order valence-electron chi connectivity index (χ1n) is 6.01. The van der Waals surface area contributed by atoms with Crippen LogP contribution in [-0.2, 0) is 6.54 Å². The number of benzene rings is 2. The van der Waals surface area contributed by atoms with Crippen LogP contribution in [0.1, 0.15) is 5.56 Å². The molecule has 4 heteroatoms. The minimum atomic E-state index is -0.400. The number of nitrogens with zero attached hydrogens (tertiary/aromatic N) is 1. The van der Waals surface area contributed by atoms with Gasteiger partial charge in [0, 0.05) is 32.0 Å². The van der Waals surface area contributed by atoms with Crippen LogP contribution in [0.15, 0.2) is 42.5 Å². The second-order valence-corrected chi connectivity index (χ2v) is 4.95. The van der Waals surface area contributed by atoms with E-state index in [1.807, 2.05) is 14.1 Å². The van der Waals surface area contributed by atoms with Crippen molar-refractivity contribution in [3.05, 3.63) is 58.9 Å². The Kier molecular flexibility index (Phi) is 4.27. The molecule has 0 aliphatic carbocycles. The fourth-order valence-electron chi connectivity index (χ4n) is 1.72. The molecule has 100 valence electrons. The lowest BCUT2D eigenvalue weighted by molar-refractivity contribution is 0.628. The van der Waals surface area contributed by atoms with E-state index in [-0.39, 0.29) is 5.02 Å². The van der Waals surface area contributed by atoms with Crippen LogP contribution in [-0.4, -0.2) is 14.1 Å². The third kappa shape index (κ3) is 3.61. The minimum Gasteiger partial charge on any atom is -0.381 e. The molecular weight excluding hydrogens is 263 g/mol. The second-order valence-electron chi connectivity index (χ2n) is 4.54. The molecule has 0 aromatic heterocycles. The Hall–Kier alpha value is -1.74. The molecular formula is C15H16ClFN2. The number of nitrogens with one attached hydrogen (secondary N) is 1. The summed E-state index contributed by atoms with van der Waals surface area (Å²) in [6, 6.07) is 12.9. The minimum absolute atomic E-state index is 0.132. The molecule has 0 saturated heterocycles. The van der Waals surface area contributed by atoms with Crippen LogP contribution < -0.4 is 10.2 Å². The van der Waals surface area contributed by atoms with Crippen LogP contribution in [0.25, 0.3) is 0 Å². The first kappa shape index (κ1) is 13.7. The summed E-state index contributed by atoms with van der Waals surface area (Å²) in [5.74, 6) is -0.400. The Bertz CT molecular complexity index is 553. The molecule has 0 unspecified atom stereocenters. The molecule has 2 aromatic carbocycles. The molecule has 1 N–H and O–H groups in total. The van der Waals surface area contributed by atoms with Crippen molar-refractivity contribution in [1.29, 1.82) is 0 Å². The summed E-state index contributed by atoms with van der Waals surface area (Å²) in [4.78, 5) is 2.05. The molecule has 0 amide bonds. The molecule has 2 aromatic rings. The second kappa shape index (κ2) is 5.93. The molecule has 0 radical (unpaired) electrons. The van der Waals surface area contributed by atoms with Crippen molar-refractivity contribution in [2.75, 3.05) is 24.3 Å². The van der Waals surface area contributed by atoms with Gasteiger partial charge in [-0.15, -0.1) is 0 Å². The highest BCUT2D eigenvalue weighted by Gasteiger charge is 2.01. The fourth-order valence-corrected chi connectivity index (χ4v) is 1.90. The predicted octanol–water partition coefficient (Wildman–Crippen LogP) is 4.16. The summed E-state index contributed by atoms with van der Waals surface area (Å²) in [6.45, 7) is 0.676. The molecule has 2 rings (SSSR count). The van der Waals surface area contributed by atoms with Gasteiger partial charge in [-0.25, -0.2) is 4.39 Å². The van der Waals surface area contributed by atoms with Crippen molar-refractivity contribution in [3.63, 3.8) is 0 Å². The Morgan fingerprint density at radius 1 is 1.11 bits per heavy atom. The maximum Gasteiger partial charge on any atom is 0.141 e. The van der Waals surface area contributed by atoms with Gasteiger partial charge in [-0.05, 0) is 35.9 Å². The van der Waals surface area contributed by atoms with Crippen LogP contribution in [0.4, 0.5) is 15.8 Å². The molecule has 0 atom stereocenters. The lowest BCUT2D eigenvalue weighted by atomic mass is 10.2. The van der Waals surface area contributed by atoms with E-state index >= 15 is 0 Å². The summed E-state index contributed by atoms with van der Waals surface area (Å²) < 4.78 is 13.0. The molecule has 0 aliphatic heterocycles. The van der Waals surface area contributed by atoms with Gasteiger partial charge in [-0.1, -0.05) is 23.7 Å². The van der Waals surface area contributed by atoms with E-state index in [0.717, 1.165) is 16.9 Å². The first-order valence-corrected chi connectivity index (χ1v) is 6.39. The summed E-state index contributed by atoms with van der Waals surface area (Å²) >= 11 is 5.73. The monoisotopic (exact) mass is 278 g/mol. The molecule has 2 nitrogen and oxygen atoms in total. The first-order chi connectivity index (χ1) is 9.06. The van der Waals surface area contributed by atoms with Gasteiger partial charge in [-0.3, -0.25) is 0 Å². The third-order valence-electron chi connectivity index (χ3n) is 2.87. The van der Waals surface area contributed by atoms with Crippen molar-refractivity contribution < 1.29 is 4.39 Å². The lowest BCUT2D eigenvalue weighted by Crippen LogP contribution is -2.08. The summed E-state index contributed by atoms with van der Waals surface area (Å²) in [5, 5.41) is 3.35. The Labute approximate surface area is 117 Å². The number of hydrogen-bond acceptors (Lipinski definition) is 2. The van der Waals surface area contributed by atoms with E-state index in [1.165, 1.54) is 6.07 Å². The SMILES string of the molecule is CN(C)c1ccc(CNc2ccc(F)c(Cl)c2)cc1. The van der Waals surface area contributed by atoms with Gasteiger partial charge in [0.15, 0.2) is 0 Å². The van der Waals surface area contributed by atoms with E-state index in [1.54, 1.807) is 12.1 Å². The molecule has 0 fully saturated rings. The quantitative estimate of drug-likeness (QED) is 0.903. The third-order valence-corrected chi connectivity index (χ3v) is 3.16. The molecule has 0 spiro atoms. The standard InChI is InChI=1S/C15H16ClFN2/c1-19(2)13-6-3-11(4-7-13)10-18-12-5-8-15(17)14(16)9-12/h3-9,18H,10H2,1-2H3.